The van der Waals surface area contributed by atoms with E-state index in [2.05, 4.69) is 60.2 Å². The lowest BCUT2D eigenvalue weighted by Crippen LogP contribution is -2.01. The number of nitrogens with zero attached hydrogens (tertiary/aromatic N) is 1. The molecule has 3 heteroatoms. The van der Waals surface area contributed by atoms with Gasteiger partial charge in [-0.25, -0.2) is 0 Å². The van der Waals surface area contributed by atoms with Crippen LogP contribution in [0, 0.1) is 12.8 Å². The molecule has 18 heavy (non-hydrogen) atoms. The minimum Gasteiger partial charge on any atom is -0.388 e. The summed E-state index contributed by atoms with van der Waals surface area (Å²) >= 11 is 3.55. The third-order valence-electron chi connectivity index (χ3n) is 3.01. The number of hydrogen-bond donors (Lipinski definition) is 1. The predicted octanol–water partition coefficient (Wildman–Crippen LogP) is 4.55. The number of pyridine rings is 1. The Kier molecular flexibility index (Phi) is 3.91. The zero-order chi connectivity index (χ0) is 13.3. The molecule has 1 N–H and O–H groups in total. The summed E-state index contributed by atoms with van der Waals surface area (Å²) in [6, 6.07) is 6.41. The van der Waals surface area contributed by atoms with Crippen LogP contribution in [0.4, 0.5) is 5.69 Å². The minimum absolute atomic E-state index is 0.621. The van der Waals surface area contributed by atoms with Gasteiger partial charge in [0.1, 0.15) is 0 Å². The van der Waals surface area contributed by atoms with E-state index < -0.39 is 0 Å². The second-order valence-corrected chi connectivity index (χ2v) is 6.04. The first kappa shape index (κ1) is 13.3. The summed E-state index contributed by atoms with van der Waals surface area (Å²) < 4.78 is 1.10. The number of benzene rings is 1. The highest BCUT2D eigenvalue weighted by Crippen LogP contribution is 2.29. The van der Waals surface area contributed by atoms with E-state index >= 15 is 0 Å². The molecule has 0 amide bonds. The van der Waals surface area contributed by atoms with Crippen LogP contribution in [0.25, 0.3) is 10.9 Å². The first-order valence-electron chi connectivity index (χ1n) is 6.28. The van der Waals surface area contributed by atoms with Gasteiger partial charge >= 0.3 is 0 Å². The van der Waals surface area contributed by atoms with Crippen molar-refractivity contribution in [1.82, 2.24) is 4.98 Å². The van der Waals surface area contributed by atoms with Gasteiger partial charge in [0.25, 0.3) is 0 Å². The minimum atomic E-state index is 0.621. The van der Waals surface area contributed by atoms with Crippen LogP contribution in [0.3, 0.4) is 0 Å². The van der Waals surface area contributed by atoms with E-state index in [1.165, 1.54) is 10.9 Å². The molecular formula is C15H19BrN2. The molecule has 0 saturated carbocycles. The second-order valence-electron chi connectivity index (χ2n) is 5.13. The lowest BCUT2D eigenvalue weighted by molar-refractivity contribution is 0.637. The van der Waals surface area contributed by atoms with E-state index in [9.17, 15) is 0 Å². The van der Waals surface area contributed by atoms with Gasteiger partial charge in [-0.05, 0) is 43.0 Å². The highest BCUT2D eigenvalue weighted by molar-refractivity contribution is 9.10. The van der Waals surface area contributed by atoms with Gasteiger partial charge in [-0.1, -0.05) is 29.8 Å². The summed E-state index contributed by atoms with van der Waals surface area (Å²) in [4.78, 5) is 4.80. The maximum Gasteiger partial charge on any atom is 0.0755 e. The third kappa shape index (κ3) is 2.66. The van der Waals surface area contributed by atoms with Gasteiger partial charge in [-0.15, -0.1) is 0 Å². The number of anilines is 1. The van der Waals surface area contributed by atoms with Crippen LogP contribution in [0.15, 0.2) is 22.7 Å². The average Bonchev–Trinajstić information content (AvgIpc) is 2.28. The van der Waals surface area contributed by atoms with Crippen molar-refractivity contribution in [3.8, 4) is 0 Å². The van der Waals surface area contributed by atoms with Crippen LogP contribution in [0.1, 0.15) is 25.1 Å². The molecule has 0 bridgehead atoms. The number of rotatable bonds is 3. The fourth-order valence-corrected chi connectivity index (χ4v) is 2.81. The summed E-state index contributed by atoms with van der Waals surface area (Å²) in [5, 5.41) is 4.45. The van der Waals surface area contributed by atoms with Crippen molar-refractivity contribution in [3.63, 3.8) is 0 Å². The summed E-state index contributed by atoms with van der Waals surface area (Å²) in [7, 11) is 1.96. The van der Waals surface area contributed by atoms with E-state index in [0.717, 1.165) is 27.8 Å². The van der Waals surface area contributed by atoms with Crippen LogP contribution in [0.2, 0.25) is 0 Å². The quantitative estimate of drug-likeness (QED) is 0.900. The van der Waals surface area contributed by atoms with E-state index in [4.69, 9.17) is 4.98 Å². The fraction of sp³-hybridized carbons (Fsp3) is 0.400. The van der Waals surface area contributed by atoms with Gasteiger partial charge in [0, 0.05) is 28.3 Å². The van der Waals surface area contributed by atoms with Gasteiger partial charge in [-0.3, -0.25) is 4.98 Å². The molecule has 1 aromatic heterocycles. The first-order valence-corrected chi connectivity index (χ1v) is 7.08. The fourth-order valence-electron chi connectivity index (χ4n) is 2.24. The number of fused-ring (bicyclic) bond motifs is 1. The highest BCUT2D eigenvalue weighted by Gasteiger charge is 2.09. The highest BCUT2D eigenvalue weighted by atomic mass is 79.9. The SMILES string of the molecule is CNc1cc(CC(C)C)nc2c(C)cc(Br)cc12. The van der Waals surface area contributed by atoms with Crippen molar-refractivity contribution < 1.29 is 0 Å². The molecule has 96 valence electrons. The molecule has 0 aliphatic heterocycles. The molecular weight excluding hydrogens is 288 g/mol. The molecule has 2 aromatic rings. The van der Waals surface area contributed by atoms with Gasteiger partial charge in [0.05, 0.1) is 5.52 Å². The van der Waals surface area contributed by atoms with E-state index in [-0.39, 0.29) is 0 Å². The molecule has 2 nitrogen and oxygen atoms in total. The van der Waals surface area contributed by atoms with Crippen LogP contribution >= 0.6 is 15.9 Å². The maximum absolute atomic E-state index is 4.80. The molecule has 0 atom stereocenters. The number of aryl methyl sites for hydroxylation is 1. The zero-order valence-electron chi connectivity index (χ0n) is 11.3. The maximum atomic E-state index is 4.80. The lowest BCUT2D eigenvalue weighted by atomic mass is 10.0. The molecule has 0 aliphatic carbocycles. The normalized spacial score (nSPS) is 11.2. The van der Waals surface area contributed by atoms with Crippen molar-refractivity contribution >= 4 is 32.5 Å². The monoisotopic (exact) mass is 306 g/mol. The largest absolute Gasteiger partial charge is 0.388 e. The number of hydrogen-bond acceptors (Lipinski definition) is 2. The summed E-state index contributed by atoms with van der Waals surface area (Å²) in [5.41, 5.74) is 4.62. The molecule has 0 radical (unpaired) electrons. The number of aromatic nitrogens is 1. The Hall–Kier alpha value is -1.09. The first-order chi connectivity index (χ1) is 8.51. The summed E-state index contributed by atoms with van der Waals surface area (Å²) in [5.74, 6) is 0.621. The van der Waals surface area contributed by atoms with Crippen molar-refractivity contribution in [2.75, 3.05) is 12.4 Å². The molecule has 0 aliphatic rings. The Labute approximate surface area is 117 Å². The standard InChI is InChI=1S/C15H19BrN2/c1-9(2)5-12-8-14(17-4)13-7-11(16)6-10(3)15(13)18-12/h6-9H,5H2,1-4H3,(H,17,18). The van der Waals surface area contributed by atoms with Gasteiger partial charge in [0.15, 0.2) is 0 Å². The molecule has 2 rings (SSSR count). The number of nitrogens with one attached hydrogen (secondary N) is 1. The Morgan fingerprint density at radius 2 is 2.00 bits per heavy atom. The lowest BCUT2D eigenvalue weighted by Gasteiger charge is -2.12. The zero-order valence-corrected chi connectivity index (χ0v) is 12.9. The Morgan fingerprint density at radius 1 is 1.28 bits per heavy atom. The molecule has 0 fully saturated rings. The molecule has 0 unspecified atom stereocenters. The van der Waals surface area contributed by atoms with Crippen molar-refractivity contribution in [2.24, 2.45) is 5.92 Å². The van der Waals surface area contributed by atoms with Crippen LogP contribution in [-0.2, 0) is 6.42 Å². The van der Waals surface area contributed by atoms with Crippen LogP contribution in [0.5, 0.6) is 0 Å². The summed E-state index contributed by atoms with van der Waals surface area (Å²) in [6.45, 7) is 6.55. The van der Waals surface area contributed by atoms with Gasteiger partial charge in [0.2, 0.25) is 0 Å². The molecule has 0 saturated heterocycles. The smallest absolute Gasteiger partial charge is 0.0755 e. The Morgan fingerprint density at radius 3 is 2.61 bits per heavy atom. The third-order valence-corrected chi connectivity index (χ3v) is 3.47. The Balaban J connectivity index is 2.67. The predicted molar refractivity (Wildman–Crippen MR) is 82.3 cm³/mol. The van der Waals surface area contributed by atoms with Crippen LogP contribution in [-0.4, -0.2) is 12.0 Å². The molecule has 1 aromatic carbocycles. The average molecular weight is 307 g/mol. The van der Waals surface area contributed by atoms with E-state index in [1.807, 2.05) is 7.05 Å². The molecule has 0 spiro atoms. The van der Waals surface area contributed by atoms with E-state index in [1.54, 1.807) is 0 Å². The topological polar surface area (TPSA) is 24.9 Å². The van der Waals surface area contributed by atoms with Gasteiger partial charge < -0.3 is 5.32 Å². The summed E-state index contributed by atoms with van der Waals surface area (Å²) in [6.07, 6.45) is 1.01. The number of halogens is 1. The second kappa shape index (κ2) is 5.27. The van der Waals surface area contributed by atoms with Crippen molar-refractivity contribution in [3.05, 3.63) is 33.9 Å². The van der Waals surface area contributed by atoms with Gasteiger partial charge in [-0.2, -0.15) is 0 Å². The van der Waals surface area contributed by atoms with E-state index in [0.29, 0.717) is 5.92 Å². The van der Waals surface area contributed by atoms with Crippen molar-refractivity contribution in [2.45, 2.75) is 27.2 Å². The molecule has 1 heterocycles. The Bertz CT molecular complexity index is 576. The van der Waals surface area contributed by atoms with Crippen molar-refractivity contribution in [1.29, 1.82) is 0 Å². The van der Waals surface area contributed by atoms with Crippen LogP contribution < -0.4 is 5.32 Å².